The maximum absolute atomic E-state index is 6.24. The van der Waals surface area contributed by atoms with E-state index in [1.165, 1.54) is 0 Å². The van der Waals surface area contributed by atoms with Gasteiger partial charge in [0.25, 0.3) is 0 Å². The normalized spacial score (nSPS) is 27.0. The molecule has 0 aliphatic carbocycles. The molecule has 2 nitrogen and oxygen atoms in total. The Kier molecular flexibility index (Phi) is 3.45. The highest BCUT2D eigenvalue weighted by Gasteiger charge is 2.38. The van der Waals surface area contributed by atoms with Gasteiger partial charge in [-0.1, -0.05) is 35.3 Å². The molecule has 1 aliphatic heterocycles. The summed E-state index contributed by atoms with van der Waals surface area (Å²) in [5, 5.41) is 1.07. The Hall–Kier alpha value is -0.280. The van der Waals surface area contributed by atoms with E-state index < -0.39 is 0 Å². The van der Waals surface area contributed by atoms with Crippen LogP contribution >= 0.6 is 23.2 Å². The third kappa shape index (κ3) is 2.07. The van der Waals surface area contributed by atoms with Crippen LogP contribution in [0, 0.1) is 0 Å². The van der Waals surface area contributed by atoms with E-state index in [-0.39, 0.29) is 11.6 Å². The van der Waals surface area contributed by atoms with Crippen LogP contribution in [0.1, 0.15) is 31.4 Å². The summed E-state index contributed by atoms with van der Waals surface area (Å²) >= 11 is 12.1. The zero-order valence-corrected chi connectivity index (χ0v) is 10.7. The van der Waals surface area contributed by atoms with Crippen molar-refractivity contribution in [1.29, 1.82) is 0 Å². The molecule has 0 radical (unpaired) electrons. The molecule has 88 valence electrons. The van der Waals surface area contributed by atoms with Crippen LogP contribution in [0.5, 0.6) is 0 Å². The molecule has 1 saturated heterocycles. The highest BCUT2D eigenvalue weighted by molar-refractivity contribution is 6.42. The molecule has 2 unspecified atom stereocenters. The topological polar surface area (TPSA) is 35.2 Å². The Labute approximate surface area is 106 Å². The number of rotatable bonds is 2. The first-order valence-corrected chi connectivity index (χ1v) is 6.13. The van der Waals surface area contributed by atoms with Gasteiger partial charge in [-0.25, -0.2) is 0 Å². The van der Waals surface area contributed by atoms with Gasteiger partial charge >= 0.3 is 0 Å². The molecule has 0 amide bonds. The number of hydrogen-bond acceptors (Lipinski definition) is 2. The van der Waals surface area contributed by atoms with Gasteiger partial charge in [-0.05, 0) is 31.4 Å². The molecule has 0 saturated carbocycles. The van der Waals surface area contributed by atoms with E-state index in [4.69, 9.17) is 33.7 Å². The highest BCUT2D eigenvalue weighted by Crippen LogP contribution is 2.39. The van der Waals surface area contributed by atoms with Crippen molar-refractivity contribution < 1.29 is 4.74 Å². The number of halogens is 2. The Morgan fingerprint density at radius 1 is 1.44 bits per heavy atom. The summed E-state index contributed by atoms with van der Waals surface area (Å²) in [6, 6.07) is 5.30. The molecule has 2 N–H and O–H groups in total. The summed E-state index contributed by atoms with van der Waals surface area (Å²) < 4.78 is 5.72. The van der Waals surface area contributed by atoms with Gasteiger partial charge < -0.3 is 10.5 Å². The maximum Gasteiger partial charge on any atom is 0.0847 e. The first-order valence-electron chi connectivity index (χ1n) is 5.38. The third-order valence-electron chi connectivity index (χ3n) is 3.22. The van der Waals surface area contributed by atoms with E-state index in [2.05, 4.69) is 0 Å². The van der Waals surface area contributed by atoms with Gasteiger partial charge in [-0.2, -0.15) is 0 Å². The van der Waals surface area contributed by atoms with E-state index >= 15 is 0 Å². The largest absolute Gasteiger partial charge is 0.373 e. The van der Waals surface area contributed by atoms with Gasteiger partial charge in [-0.3, -0.25) is 0 Å². The summed E-state index contributed by atoms with van der Waals surface area (Å²) in [5.41, 5.74) is 6.77. The molecule has 0 spiro atoms. The molecule has 0 bridgehead atoms. The van der Waals surface area contributed by atoms with Crippen molar-refractivity contribution in [2.45, 2.75) is 31.4 Å². The van der Waals surface area contributed by atoms with E-state index in [0.717, 1.165) is 25.0 Å². The maximum atomic E-state index is 6.24. The molecule has 2 atom stereocenters. The predicted octanol–water partition coefficient (Wildman–Crippen LogP) is 3.56. The predicted molar refractivity (Wildman–Crippen MR) is 67.0 cm³/mol. The van der Waals surface area contributed by atoms with Crippen LogP contribution < -0.4 is 5.73 Å². The van der Waals surface area contributed by atoms with Crippen molar-refractivity contribution >= 4 is 23.2 Å². The lowest BCUT2D eigenvalue weighted by atomic mass is 9.88. The number of hydrogen-bond donors (Lipinski definition) is 1. The van der Waals surface area contributed by atoms with Crippen LogP contribution in [0.25, 0.3) is 0 Å². The van der Waals surface area contributed by atoms with Crippen molar-refractivity contribution in [3.8, 4) is 0 Å². The summed E-state index contributed by atoms with van der Waals surface area (Å²) in [6.07, 6.45) is 2.00. The number of benzene rings is 1. The van der Waals surface area contributed by atoms with Gasteiger partial charge in [-0.15, -0.1) is 0 Å². The van der Waals surface area contributed by atoms with E-state index in [0.29, 0.717) is 10.0 Å². The van der Waals surface area contributed by atoms with Crippen LogP contribution in [0.3, 0.4) is 0 Å². The molecule has 1 heterocycles. The fraction of sp³-hybridized carbons (Fsp3) is 0.500. The fourth-order valence-corrected chi connectivity index (χ4v) is 2.56. The second-order valence-corrected chi connectivity index (χ2v) is 5.17. The molecular formula is C12H15Cl2NO. The number of ether oxygens (including phenoxy) is 1. The summed E-state index contributed by atoms with van der Waals surface area (Å²) in [5.74, 6) is 0. The van der Waals surface area contributed by atoms with Crippen LogP contribution in [0.15, 0.2) is 18.2 Å². The van der Waals surface area contributed by atoms with Crippen LogP contribution in [0.2, 0.25) is 10.0 Å². The zero-order chi connectivity index (χ0) is 11.8. The van der Waals surface area contributed by atoms with Gasteiger partial charge in [0.15, 0.2) is 0 Å². The minimum absolute atomic E-state index is 0.235. The van der Waals surface area contributed by atoms with E-state index in [1.807, 2.05) is 19.1 Å². The molecule has 16 heavy (non-hydrogen) atoms. The lowest BCUT2D eigenvalue weighted by molar-refractivity contribution is -0.00171. The van der Waals surface area contributed by atoms with Crippen molar-refractivity contribution in [3.63, 3.8) is 0 Å². The summed E-state index contributed by atoms with van der Waals surface area (Å²) in [4.78, 5) is 0. The smallest absolute Gasteiger partial charge is 0.0847 e. The summed E-state index contributed by atoms with van der Waals surface area (Å²) in [7, 11) is 0. The molecule has 2 rings (SSSR count). The molecule has 4 heteroatoms. The van der Waals surface area contributed by atoms with Crippen molar-refractivity contribution in [3.05, 3.63) is 33.8 Å². The lowest BCUT2D eigenvalue weighted by Crippen LogP contribution is -2.37. The molecule has 1 aliphatic rings. The Bertz CT molecular complexity index is 389. The van der Waals surface area contributed by atoms with E-state index in [9.17, 15) is 0 Å². The minimum atomic E-state index is -0.325. The molecule has 1 aromatic carbocycles. The second kappa shape index (κ2) is 4.53. The zero-order valence-electron chi connectivity index (χ0n) is 9.17. The Morgan fingerprint density at radius 2 is 2.19 bits per heavy atom. The highest BCUT2D eigenvalue weighted by atomic mass is 35.5. The SMILES string of the molecule is CC1(C(N)c2cccc(Cl)c2Cl)CCCO1. The monoisotopic (exact) mass is 259 g/mol. The summed E-state index contributed by atoms with van der Waals surface area (Å²) in [6.45, 7) is 2.80. The van der Waals surface area contributed by atoms with Crippen LogP contribution in [-0.4, -0.2) is 12.2 Å². The molecule has 1 fully saturated rings. The quantitative estimate of drug-likeness (QED) is 0.882. The van der Waals surface area contributed by atoms with Crippen LogP contribution in [-0.2, 0) is 4.74 Å². The average Bonchev–Trinajstić information content (AvgIpc) is 2.70. The van der Waals surface area contributed by atoms with Crippen molar-refractivity contribution in [1.82, 2.24) is 0 Å². The Morgan fingerprint density at radius 3 is 2.81 bits per heavy atom. The second-order valence-electron chi connectivity index (χ2n) is 4.39. The fourth-order valence-electron chi connectivity index (χ4n) is 2.14. The standard InChI is InChI=1S/C12H15Cl2NO/c1-12(6-3-7-16-12)11(15)8-4-2-5-9(13)10(8)14/h2,4-5,11H,3,6-7,15H2,1H3. The van der Waals surface area contributed by atoms with E-state index in [1.54, 1.807) is 6.07 Å². The minimum Gasteiger partial charge on any atom is -0.373 e. The van der Waals surface area contributed by atoms with Crippen molar-refractivity contribution in [2.24, 2.45) is 5.73 Å². The van der Waals surface area contributed by atoms with Crippen LogP contribution in [0.4, 0.5) is 0 Å². The van der Waals surface area contributed by atoms with Gasteiger partial charge in [0.2, 0.25) is 0 Å². The van der Waals surface area contributed by atoms with Crippen molar-refractivity contribution in [2.75, 3.05) is 6.61 Å². The number of nitrogens with two attached hydrogens (primary N) is 1. The lowest BCUT2D eigenvalue weighted by Gasteiger charge is -2.31. The molecular weight excluding hydrogens is 245 g/mol. The first-order chi connectivity index (χ1) is 7.54. The van der Waals surface area contributed by atoms with Gasteiger partial charge in [0, 0.05) is 6.61 Å². The van der Waals surface area contributed by atoms with Gasteiger partial charge in [0.05, 0.1) is 21.7 Å². The third-order valence-corrected chi connectivity index (χ3v) is 4.06. The molecule has 1 aromatic rings. The first kappa shape index (κ1) is 12.2. The van der Waals surface area contributed by atoms with Gasteiger partial charge in [0.1, 0.15) is 0 Å². The molecule has 0 aromatic heterocycles. The average molecular weight is 260 g/mol. The Balaban J connectivity index is 2.33.